The van der Waals surface area contributed by atoms with E-state index in [1.165, 1.54) is 12.1 Å². The molecule has 0 aromatic heterocycles. The largest absolute Gasteiger partial charge is 0.494 e. The third kappa shape index (κ3) is 6.17. The van der Waals surface area contributed by atoms with Gasteiger partial charge in [-0.25, -0.2) is 4.39 Å². The summed E-state index contributed by atoms with van der Waals surface area (Å²) < 4.78 is 31.5. The van der Waals surface area contributed by atoms with Crippen molar-refractivity contribution in [3.63, 3.8) is 0 Å². The van der Waals surface area contributed by atoms with Gasteiger partial charge in [0.25, 0.3) is 0 Å². The lowest BCUT2D eigenvalue weighted by Crippen LogP contribution is -2.48. The van der Waals surface area contributed by atoms with E-state index in [0.29, 0.717) is 17.4 Å². The molecular formula is C26H34FN3O3S. The first-order valence-electron chi connectivity index (χ1n) is 11.9. The van der Waals surface area contributed by atoms with E-state index in [1.807, 2.05) is 25.1 Å². The van der Waals surface area contributed by atoms with Gasteiger partial charge in [-0.3, -0.25) is 4.90 Å². The number of rotatable bonds is 7. The second-order valence-electron chi connectivity index (χ2n) is 9.30. The van der Waals surface area contributed by atoms with Crippen molar-refractivity contribution in [1.29, 1.82) is 0 Å². The highest BCUT2D eigenvalue weighted by Gasteiger charge is 2.38. The van der Waals surface area contributed by atoms with Crippen LogP contribution < -0.4 is 14.8 Å². The van der Waals surface area contributed by atoms with E-state index in [-0.39, 0.29) is 17.5 Å². The molecular weight excluding hydrogens is 453 g/mol. The Morgan fingerprint density at radius 3 is 2.76 bits per heavy atom. The molecule has 2 aliphatic heterocycles. The van der Waals surface area contributed by atoms with Crippen molar-refractivity contribution in [2.24, 2.45) is 0 Å². The molecule has 0 saturated carbocycles. The minimum Gasteiger partial charge on any atom is -0.494 e. The quantitative estimate of drug-likeness (QED) is 0.560. The Bertz CT molecular complexity index is 997. The fraction of sp³-hybridized carbons (Fsp3) is 0.500. The summed E-state index contributed by atoms with van der Waals surface area (Å²) in [5.74, 6) is 1.35. The van der Waals surface area contributed by atoms with Gasteiger partial charge in [0, 0.05) is 43.9 Å². The monoisotopic (exact) mass is 487 g/mol. The first kappa shape index (κ1) is 24.7. The zero-order valence-electron chi connectivity index (χ0n) is 20.2. The van der Waals surface area contributed by atoms with Gasteiger partial charge in [-0.05, 0) is 69.4 Å². The topological polar surface area (TPSA) is 46.2 Å². The average molecular weight is 488 g/mol. The lowest BCUT2D eigenvalue weighted by molar-refractivity contribution is 0.0266. The summed E-state index contributed by atoms with van der Waals surface area (Å²) in [5, 5.41) is 3.83. The highest BCUT2D eigenvalue weighted by molar-refractivity contribution is 7.80. The molecule has 34 heavy (non-hydrogen) atoms. The molecule has 2 aliphatic rings. The summed E-state index contributed by atoms with van der Waals surface area (Å²) in [4.78, 5) is 4.61. The average Bonchev–Trinajstić information content (AvgIpc) is 2.80. The summed E-state index contributed by atoms with van der Waals surface area (Å²) in [6.07, 6.45) is 0.754. The Balaban J connectivity index is 1.64. The van der Waals surface area contributed by atoms with Crippen LogP contribution in [0.5, 0.6) is 11.5 Å². The van der Waals surface area contributed by atoms with Crippen molar-refractivity contribution in [3.8, 4) is 11.5 Å². The Hall–Kier alpha value is -2.42. The van der Waals surface area contributed by atoms with Crippen LogP contribution in [0.4, 0.5) is 10.1 Å². The van der Waals surface area contributed by atoms with E-state index in [1.54, 1.807) is 6.07 Å². The molecule has 0 radical (unpaired) electrons. The standard InChI is InChI=1S/C26H34FN3O3S/c1-4-32-21-8-9-24-22(17-21)23(18-26(2,3)33-24)30(11-10-29-12-14-31-15-13-29)25(34)28-20-7-5-6-19(27)16-20/h5-9,16-17,23H,4,10-15,18H2,1-3H3,(H,28,34). The predicted octanol–water partition coefficient (Wildman–Crippen LogP) is 4.86. The van der Waals surface area contributed by atoms with Crippen LogP contribution in [0, 0.1) is 5.82 Å². The number of nitrogens with zero attached hydrogens (tertiary/aromatic N) is 2. The van der Waals surface area contributed by atoms with Gasteiger partial charge in [-0.15, -0.1) is 0 Å². The van der Waals surface area contributed by atoms with E-state index >= 15 is 0 Å². The van der Waals surface area contributed by atoms with Crippen molar-refractivity contribution in [2.45, 2.75) is 38.8 Å². The Morgan fingerprint density at radius 1 is 1.24 bits per heavy atom. The maximum Gasteiger partial charge on any atom is 0.173 e. The summed E-state index contributed by atoms with van der Waals surface area (Å²) >= 11 is 5.91. The van der Waals surface area contributed by atoms with Crippen LogP contribution in [0.2, 0.25) is 0 Å². The molecule has 184 valence electrons. The van der Waals surface area contributed by atoms with Crippen molar-refractivity contribution >= 4 is 23.0 Å². The fourth-order valence-electron chi connectivity index (χ4n) is 4.56. The Labute approximate surface area is 207 Å². The van der Waals surface area contributed by atoms with E-state index < -0.39 is 0 Å². The molecule has 1 atom stereocenters. The molecule has 8 heteroatoms. The smallest absolute Gasteiger partial charge is 0.173 e. The van der Waals surface area contributed by atoms with Gasteiger partial charge in [-0.2, -0.15) is 0 Å². The second kappa shape index (κ2) is 10.9. The van der Waals surface area contributed by atoms with Crippen LogP contribution in [0.15, 0.2) is 42.5 Å². The molecule has 2 aromatic carbocycles. The first-order chi connectivity index (χ1) is 16.3. The maximum atomic E-state index is 13.8. The fourth-order valence-corrected chi connectivity index (χ4v) is 4.90. The number of nitrogens with one attached hydrogen (secondary N) is 1. The van der Waals surface area contributed by atoms with Crippen LogP contribution in [-0.2, 0) is 4.74 Å². The zero-order chi connectivity index (χ0) is 24.1. The molecule has 2 aromatic rings. The molecule has 1 saturated heterocycles. The van der Waals surface area contributed by atoms with Gasteiger partial charge in [0.2, 0.25) is 0 Å². The molecule has 4 rings (SSSR count). The number of morpholine rings is 1. The van der Waals surface area contributed by atoms with Gasteiger partial charge >= 0.3 is 0 Å². The molecule has 1 unspecified atom stereocenters. The van der Waals surface area contributed by atoms with E-state index in [4.69, 9.17) is 26.4 Å². The van der Waals surface area contributed by atoms with Crippen molar-refractivity contribution in [2.75, 3.05) is 51.3 Å². The van der Waals surface area contributed by atoms with Crippen molar-refractivity contribution < 1.29 is 18.6 Å². The number of fused-ring (bicyclic) bond motifs is 1. The second-order valence-corrected chi connectivity index (χ2v) is 9.69. The first-order valence-corrected chi connectivity index (χ1v) is 12.3. The number of ether oxygens (including phenoxy) is 3. The van der Waals surface area contributed by atoms with Gasteiger partial charge in [0.05, 0.1) is 25.9 Å². The van der Waals surface area contributed by atoms with Gasteiger partial charge in [-0.1, -0.05) is 6.07 Å². The lowest BCUT2D eigenvalue weighted by atomic mass is 9.88. The van der Waals surface area contributed by atoms with E-state index in [2.05, 4.69) is 35.0 Å². The number of hydrogen-bond donors (Lipinski definition) is 1. The maximum absolute atomic E-state index is 13.8. The third-order valence-electron chi connectivity index (χ3n) is 6.20. The molecule has 0 bridgehead atoms. The molecule has 0 amide bonds. The SMILES string of the molecule is CCOc1ccc2c(c1)C(N(CCN1CCOCC1)C(=S)Nc1cccc(F)c1)CC(C)(C)O2. The third-order valence-corrected chi connectivity index (χ3v) is 6.53. The summed E-state index contributed by atoms with van der Waals surface area (Å²) in [7, 11) is 0. The molecule has 1 N–H and O–H groups in total. The zero-order valence-corrected chi connectivity index (χ0v) is 21.0. The normalized spacial score (nSPS) is 19.6. The Kier molecular flexibility index (Phi) is 7.91. The van der Waals surface area contributed by atoms with Crippen molar-refractivity contribution in [3.05, 3.63) is 53.8 Å². The molecule has 6 nitrogen and oxygen atoms in total. The molecule has 1 fully saturated rings. The molecule has 2 heterocycles. The number of anilines is 1. The highest BCUT2D eigenvalue weighted by Crippen LogP contribution is 2.44. The minimum absolute atomic E-state index is 0.0197. The van der Waals surface area contributed by atoms with Crippen LogP contribution >= 0.6 is 12.2 Å². The van der Waals surface area contributed by atoms with Crippen LogP contribution in [0.1, 0.15) is 38.8 Å². The summed E-state index contributed by atoms with van der Waals surface area (Å²) in [6, 6.07) is 12.4. The highest BCUT2D eigenvalue weighted by atomic mass is 32.1. The lowest BCUT2D eigenvalue weighted by Gasteiger charge is -2.44. The van der Waals surface area contributed by atoms with Crippen molar-refractivity contribution in [1.82, 2.24) is 9.80 Å². The van der Waals surface area contributed by atoms with Gasteiger partial charge in [0.1, 0.15) is 22.9 Å². The van der Waals surface area contributed by atoms with Crippen LogP contribution in [0.3, 0.4) is 0 Å². The summed E-state index contributed by atoms with van der Waals surface area (Å²) in [5.41, 5.74) is 1.32. The van der Waals surface area contributed by atoms with Crippen LogP contribution in [-0.4, -0.2) is 66.5 Å². The Morgan fingerprint density at radius 2 is 2.03 bits per heavy atom. The van der Waals surface area contributed by atoms with E-state index in [9.17, 15) is 4.39 Å². The predicted molar refractivity (Wildman–Crippen MR) is 136 cm³/mol. The number of thiocarbonyl (C=S) groups is 1. The molecule has 0 aliphatic carbocycles. The number of hydrogen-bond acceptors (Lipinski definition) is 5. The number of halogens is 1. The summed E-state index contributed by atoms with van der Waals surface area (Å²) in [6.45, 7) is 11.6. The van der Waals surface area contributed by atoms with Gasteiger partial charge < -0.3 is 24.4 Å². The molecule has 0 spiro atoms. The van der Waals surface area contributed by atoms with Crippen LogP contribution in [0.25, 0.3) is 0 Å². The van der Waals surface area contributed by atoms with E-state index in [0.717, 1.165) is 62.9 Å². The van der Waals surface area contributed by atoms with Gasteiger partial charge in [0.15, 0.2) is 5.11 Å². The number of benzene rings is 2. The minimum atomic E-state index is -0.365.